The summed E-state index contributed by atoms with van der Waals surface area (Å²) in [7, 11) is -3.57. The lowest BCUT2D eigenvalue weighted by Gasteiger charge is -2.08. The first kappa shape index (κ1) is 20.1. The van der Waals surface area contributed by atoms with Gasteiger partial charge in [0, 0.05) is 26.1 Å². The van der Waals surface area contributed by atoms with Crippen LogP contribution in [0.4, 0.5) is 0 Å². The van der Waals surface area contributed by atoms with Crippen LogP contribution >= 0.6 is 0 Å². The highest BCUT2D eigenvalue weighted by molar-refractivity contribution is 7.89. The van der Waals surface area contributed by atoms with E-state index in [9.17, 15) is 13.2 Å². The number of nitrogens with one attached hydrogen (secondary N) is 2. The summed E-state index contributed by atoms with van der Waals surface area (Å²) < 4.78 is 27.2. The van der Waals surface area contributed by atoms with Crippen LogP contribution in [0.2, 0.25) is 0 Å². The number of carbonyl (C=O) groups is 1. The molecule has 26 heavy (non-hydrogen) atoms. The zero-order valence-corrected chi connectivity index (χ0v) is 15.3. The fourth-order valence-electron chi connectivity index (χ4n) is 2.35. The number of carbonyl (C=O) groups excluding carboxylic acids is 1. The van der Waals surface area contributed by atoms with E-state index in [1.54, 1.807) is 24.3 Å². The van der Waals surface area contributed by atoms with Crippen LogP contribution in [0.1, 0.15) is 24.0 Å². The van der Waals surface area contributed by atoms with Crippen molar-refractivity contribution in [3.8, 4) is 0 Å². The van der Waals surface area contributed by atoms with Gasteiger partial charge >= 0.3 is 0 Å². The number of aliphatic hydroxyl groups excluding tert-OH is 1. The molecule has 0 aromatic heterocycles. The van der Waals surface area contributed by atoms with Crippen molar-refractivity contribution in [2.45, 2.75) is 30.7 Å². The summed E-state index contributed by atoms with van der Waals surface area (Å²) in [6.07, 6.45) is 1.39. The Morgan fingerprint density at radius 3 is 2.31 bits per heavy atom. The van der Waals surface area contributed by atoms with E-state index in [2.05, 4.69) is 10.0 Å². The maximum absolute atomic E-state index is 12.3. The van der Waals surface area contributed by atoms with Crippen LogP contribution in [0.15, 0.2) is 59.5 Å². The van der Waals surface area contributed by atoms with Crippen LogP contribution in [-0.4, -0.2) is 32.6 Å². The Morgan fingerprint density at radius 1 is 0.962 bits per heavy atom. The van der Waals surface area contributed by atoms with Crippen molar-refractivity contribution in [3.05, 3.63) is 65.7 Å². The second-order valence-electron chi connectivity index (χ2n) is 5.88. The average molecular weight is 376 g/mol. The lowest BCUT2D eigenvalue weighted by molar-refractivity contribution is -0.121. The molecule has 6 nitrogen and oxygen atoms in total. The number of amides is 1. The zero-order valence-electron chi connectivity index (χ0n) is 14.5. The van der Waals surface area contributed by atoms with Gasteiger partial charge in [-0.25, -0.2) is 13.1 Å². The van der Waals surface area contributed by atoms with E-state index < -0.39 is 10.0 Å². The van der Waals surface area contributed by atoms with E-state index in [1.165, 1.54) is 0 Å². The number of hydrogen-bond donors (Lipinski definition) is 3. The lowest BCUT2D eigenvalue weighted by Crippen LogP contribution is -2.25. The quantitative estimate of drug-likeness (QED) is 0.549. The molecular weight excluding hydrogens is 352 g/mol. The molecule has 0 fully saturated rings. The highest BCUT2D eigenvalue weighted by Gasteiger charge is 2.13. The second-order valence-corrected chi connectivity index (χ2v) is 7.65. The Morgan fingerprint density at radius 2 is 1.65 bits per heavy atom. The summed E-state index contributed by atoms with van der Waals surface area (Å²) in [5.74, 6) is -0.0836. The minimum Gasteiger partial charge on any atom is -0.396 e. The third kappa shape index (κ3) is 6.59. The van der Waals surface area contributed by atoms with Crippen LogP contribution in [0.3, 0.4) is 0 Å². The maximum atomic E-state index is 12.3. The van der Waals surface area contributed by atoms with Crippen molar-refractivity contribution in [3.63, 3.8) is 0 Å². The third-order valence-electron chi connectivity index (χ3n) is 3.84. The first-order valence-electron chi connectivity index (χ1n) is 8.51. The zero-order chi connectivity index (χ0) is 18.8. The molecule has 0 radical (unpaired) electrons. The van der Waals surface area contributed by atoms with Crippen molar-refractivity contribution in [2.75, 3.05) is 13.2 Å². The molecule has 1 amide bonds. The van der Waals surface area contributed by atoms with Gasteiger partial charge in [0.25, 0.3) is 0 Å². The summed E-state index contributed by atoms with van der Waals surface area (Å²) >= 11 is 0. The molecule has 0 bridgehead atoms. The number of aliphatic hydroxyl groups is 1. The van der Waals surface area contributed by atoms with Crippen LogP contribution in [0.25, 0.3) is 0 Å². The summed E-state index contributed by atoms with van der Waals surface area (Å²) in [5.41, 5.74) is 1.78. The van der Waals surface area contributed by atoms with E-state index in [4.69, 9.17) is 5.11 Å². The van der Waals surface area contributed by atoms with Gasteiger partial charge in [0.05, 0.1) is 4.90 Å². The fraction of sp³-hybridized carbons (Fsp3) is 0.316. The fourth-order valence-corrected chi connectivity index (χ4v) is 3.36. The Balaban J connectivity index is 1.86. The van der Waals surface area contributed by atoms with E-state index >= 15 is 0 Å². The molecule has 0 saturated heterocycles. The Kier molecular flexibility index (Phi) is 7.77. The number of sulfonamides is 1. The molecule has 0 unspecified atom stereocenters. The van der Waals surface area contributed by atoms with Crippen molar-refractivity contribution < 1.29 is 18.3 Å². The minimum atomic E-state index is -3.57. The molecule has 0 saturated carbocycles. The summed E-state index contributed by atoms with van der Waals surface area (Å²) in [4.78, 5) is 11.8. The number of benzene rings is 2. The smallest absolute Gasteiger partial charge is 0.240 e. The van der Waals surface area contributed by atoms with Gasteiger partial charge in [0.2, 0.25) is 15.9 Å². The van der Waals surface area contributed by atoms with Crippen LogP contribution < -0.4 is 10.0 Å². The van der Waals surface area contributed by atoms with Crippen molar-refractivity contribution in [1.82, 2.24) is 10.0 Å². The number of hydrogen-bond acceptors (Lipinski definition) is 4. The Bertz CT molecular complexity index is 790. The first-order valence-corrected chi connectivity index (χ1v) is 9.99. The highest BCUT2D eigenvalue weighted by Crippen LogP contribution is 2.12. The molecule has 2 aromatic carbocycles. The van der Waals surface area contributed by atoms with Gasteiger partial charge in [0.15, 0.2) is 0 Å². The van der Waals surface area contributed by atoms with Crippen molar-refractivity contribution >= 4 is 15.9 Å². The summed E-state index contributed by atoms with van der Waals surface area (Å²) in [6, 6.07) is 15.9. The van der Waals surface area contributed by atoms with Gasteiger partial charge in [-0.2, -0.15) is 0 Å². The molecule has 0 aliphatic carbocycles. The van der Waals surface area contributed by atoms with Crippen molar-refractivity contribution in [1.29, 1.82) is 0 Å². The molecule has 0 spiro atoms. The van der Waals surface area contributed by atoms with E-state index in [-0.39, 0.29) is 24.0 Å². The molecule has 7 heteroatoms. The minimum absolute atomic E-state index is 0.0501. The molecule has 2 rings (SSSR count). The Labute approximate surface area is 154 Å². The standard InChI is InChI=1S/C19H24N2O4S/c22-14-4-13-20-19(23)12-9-16-7-10-18(11-8-16)26(24,25)21-15-17-5-2-1-3-6-17/h1-3,5-8,10-11,21-22H,4,9,12-15H2,(H,20,23). The topological polar surface area (TPSA) is 95.5 Å². The first-order chi connectivity index (χ1) is 12.5. The van der Waals surface area contributed by atoms with Crippen LogP contribution in [0.5, 0.6) is 0 Å². The lowest BCUT2D eigenvalue weighted by atomic mass is 10.1. The summed E-state index contributed by atoms with van der Waals surface area (Å²) in [6.45, 7) is 0.743. The Hall–Kier alpha value is -2.22. The van der Waals surface area contributed by atoms with Gasteiger partial charge in [0.1, 0.15) is 0 Å². The van der Waals surface area contributed by atoms with Gasteiger partial charge in [-0.15, -0.1) is 0 Å². The SMILES string of the molecule is O=C(CCc1ccc(S(=O)(=O)NCc2ccccc2)cc1)NCCCO. The van der Waals surface area contributed by atoms with Gasteiger partial charge in [-0.3, -0.25) is 4.79 Å². The van der Waals surface area contributed by atoms with Gasteiger partial charge < -0.3 is 10.4 Å². The largest absolute Gasteiger partial charge is 0.396 e. The average Bonchev–Trinajstić information content (AvgIpc) is 2.66. The molecule has 0 heterocycles. The molecule has 3 N–H and O–H groups in total. The maximum Gasteiger partial charge on any atom is 0.240 e. The predicted octanol–water partition coefficient (Wildman–Crippen LogP) is 1.60. The van der Waals surface area contributed by atoms with Gasteiger partial charge in [-0.1, -0.05) is 42.5 Å². The third-order valence-corrected chi connectivity index (χ3v) is 5.26. The van der Waals surface area contributed by atoms with Crippen molar-refractivity contribution in [2.24, 2.45) is 0 Å². The van der Waals surface area contributed by atoms with E-state index in [1.807, 2.05) is 30.3 Å². The molecular formula is C19H24N2O4S. The van der Waals surface area contributed by atoms with E-state index in [0.29, 0.717) is 25.8 Å². The number of rotatable bonds is 10. The molecule has 2 aromatic rings. The van der Waals surface area contributed by atoms with Crippen LogP contribution in [0, 0.1) is 0 Å². The normalized spacial score (nSPS) is 11.3. The number of aryl methyl sites for hydroxylation is 1. The monoisotopic (exact) mass is 376 g/mol. The highest BCUT2D eigenvalue weighted by atomic mass is 32.2. The molecule has 0 aliphatic rings. The molecule has 0 atom stereocenters. The van der Waals surface area contributed by atoms with E-state index in [0.717, 1.165) is 11.1 Å². The molecule has 0 aliphatic heterocycles. The van der Waals surface area contributed by atoms with Gasteiger partial charge in [-0.05, 0) is 36.1 Å². The second kappa shape index (κ2) is 10.1. The van der Waals surface area contributed by atoms with Crippen LogP contribution in [-0.2, 0) is 27.8 Å². The summed E-state index contributed by atoms with van der Waals surface area (Å²) in [5, 5.41) is 11.4. The molecule has 140 valence electrons. The predicted molar refractivity (Wildman–Crippen MR) is 99.9 cm³/mol.